The maximum atomic E-state index is 12.7. The Morgan fingerprint density at radius 2 is 1.72 bits per heavy atom. The first-order valence-electron chi connectivity index (χ1n) is 10.5. The molecule has 4 rings (SSSR count). The summed E-state index contributed by atoms with van der Waals surface area (Å²) in [7, 11) is 0. The Kier molecular flexibility index (Phi) is 6.53. The lowest BCUT2D eigenvalue weighted by atomic mass is 10.1. The van der Waals surface area contributed by atoms with E-state index in [1.165, 1.54) is 0 Å². The number of carbonyl (C=O) groups is 2. The van der Waals surface area contributed by atoms with Crippen molar-refractivity contribution in [1.29, 1.82) is 0 Å². The topological polar surface area (TPSA) is 67.2 Å². The molecule has 1 aliphatic heterocycles. The minimum absolute atomic E-state index is 0.0416. The molecule has 1 saturated heterocycles. The summed E-state index contributed by atoms with van der Waals surface area (Å²) in [5.74, 6) is -0.114. The minimum Gasteiger partial charge on any atom is -0.339 e. The molecule has 2 aromatic carbocycles. The van der Waals surface area contributed by atoms with Crippen molar-refractivity contribution in [3.05, 3.63) is 75.0 Å². The number of aryl methyl sites for hydroxylation is 1. The monoisotopic (exact) mass is 470 g/mol. The van der Waals surface area contributed by atoms with Crippen LogP contribution in [0.1, 0.15) is 40.2 Å². The molecule has 2 heterocycles. The van der Waals surface area contributed by atoms with Crippen LogP contribution in [0.3, 0.4) is 0 Å². The van der Waals surface area contributed by atoms with Gasteiger partial charge in [-0.3, -0.25) is 9.59 Å². The van der Waals surface area contributed by atoms with E-state index in [1.807, 2.05) is 18.7 Å². The van der Waals surface area contributed by atoms with Crippen LogP contribution >= 0.6 is 23.2 Å². The molecule has 3 aromatic rings. The van der Waals surface area contributed by atoms with Crippen molar-refractivity contribution in [2.45, 2.75) is 33.1 Å². The number of halogens is 2. The van der Waals surface area contributed by atoms with E-state index in [0.717, 1.165) is 42.9 Å². The Morgan fingerprint density at radius 1 is 1.03 bits per heavy atom. The van der Waals surface area contributed by atoms with Crippen LogP contribution in [0.15, 0.2) is 42.5 Å². The molecule has 166 valence electrons. The summed E-state index contributed by atoms with van der Waals surface area (Å²) in [6.07, 6.45) is 2.29. The number of nitrogens with one attached hydrogen (secondary N) is 1. The highest BCUT2D eigenvalue weighted by molar-refractivity contribution is 6.35. The van der Waals surface area contributed by atoms with E-state index >= 15 is 0 Å². The number of hydrogen-bond donors (Lipinski definition) is 1. The molecular weight excluding hydrogens is 447 g/mol. The normalized spacial score (nSPS) is 13.4. The van der Waals surface area contributed by atoms with Crippen molar-refractivity contribution < 1.29 is 9.59 Å². The van der Waals surface area contributed by atoms with E-state index in [1.54, 1.807) is 47.1 Å². The van der Waals surface area contributed by atoms with Gasteiger partial charge >= 0.3 is 0 Å². The van der Waals surface area contributed by atoms with Gasteiger partial charge in [0, 0.05) is 40.6 Å². The Labute approximate surface area is 197 Å². The first kappa shape index (κ1) is 22.4. The number of carbonyl (C=O) groups excluding carboxylic acids is 2. The van der Waals surface area contributed by atoms with Gasteiger partial charge in [-0.25, -0.2) is 4.68 Å². The zero-order valence-corrected chi connectivity index (χ0v) is 19.5. The molecule has 1 aliphatic rings. The molecule has 32 heavy (non-hydrogen) atoms. The number of nitrogens with zero attached hydrogens (tertiary/aromatic N) is 3. The van der Waals surface area contributed by atoms with E-state index in [2.05, 4.69) is 10.4 Å². The lowest BCUT2D eigenvalue weighted by Gasteiger charge is -2.15. The molecule has 2 amide bonds. The smallest absolute Gasteiger partial charge is 0.253 e. The lowest BCUT2D eigenvalue weighted by Crippen LogP contribution is -2.27. The number of likely N-dealkylation sites (tertiary alicyclic amines) is 1. The standard InChI is InChI=1S/C24H24Cl2N4O2/c1-15-20(16(2)30(28-15)22-10-7-18(25)13-21(22)26)14-23(31)27-19-8-5-17(6-9-19)24(32)29-11-3-4-12-29/h5-10,13H,3-4,11-12,14H2,1-2H3,(H,27,31). The molecule has 6 nitrogen and oxygen atoms in total. The van der Waals surface area contributed by atoms with Gasteiger partial charge in [0.05, 0.1) is 22.8 Å². The van der Waals surface area contributed by atoms with Gasteiger partial charge in [0.1, 0.15) is 0 Å². The molecule has 0 aliphatic carbocycles. The number of benzene rings is 2. The maximum absolute atomic E-state index is 12.7. The predicted molar refractivity (Wildman–Crippen MR) is 127 cm³/mol. The lowest BCUT2D eigenvalue weighted by molar-refractivity contribution is -0.115. The van der Waals surface area contributed by atoms with Crippen molar-refractivity contribution in [1.82, 2.24) is 14.7 Å². The number of hydrogen-bond acceptors (Lipinski definition) is 3. The third-order valence-corrected chi connectivity index (χ3v) is 6.26. The first-order valence-corrected chi connectivity index (χ1v) is 11.3. The van der Waals surface area contributed by atoms with Crippen LogP contribution in [0, 0.1) is 13.8 Å². The quantitative estimate of drug-likeness (QED) is 0.556. The van der Waals surface area contributed by atoms with Crippen LogP contribution in [0.5, 0.6) is 0 Å². The van der Waals surface area contributed by atoms with E-state index in [9.17, 15) is 9.59 Å². The van der Waals surface area contributed by atoms with E-state index in [4.69, 9.17) is 23.2 Å². The highest BCUT2D eigenvalue weighted by Gasteiger charge is 2.20. The fraction of sp³-hybridized carbons (Fsp3) is 0.292. The third-order valence-electron chi connectivity index (χ3n) is 5.73. The van der Waals surface area contributed by atoms with Crippen molar-refractivity contribution in [2.75, 3.05) is 18.4 Å². The van der Waals surface area contributed by atoms with Crippen LogP contribution in [-0.4, -0.2) is 39.6 Å². The van der Waals surface area contributed by atoms with Gasteiger partial charge in [0.2, 0.25) is 5.91 Å². The summed E-state index contributed by atoms with van der Waals surface area (Å²) in [5, 5.41) is 8.51. The summed E-state index contributed by atoms with van der Waals surface area (Å²) in [6, 6.07) is 12.3. The van der Waals surface area contributed by atoms with Gasteiger partial charge in [-0.05, 0) is 69.2 Å². The summed E-state index contributed by atoms with van der Waals surface area (Å²) >= 11 is 12.3. The minimum atomic E-state index is -0.156. The van der Waals surface area contributed by atoms with Crippen molar-refractivity contribution in [2.24, 2.45) is 0 Å². The molecule has 0 saturated carbocycles. The van der Waals surface area contributed by atoms with Crippen LogP contribution in [0.4, 0.5) is 5.69 Å². The van der Waals surface area contributed by atoms with Gasteiger partial charge in [-0.1, -0.05) is 23.2 Å². The summed E-state index contributed by atoms with van der Waals surface area (Å²) in [5.41, 5.74) is 4.44. The summed E-state index contributed by atoms with van der Waals surface area (Å²) in [6.45, 7) is 5.40. The van der Waals surface area contributed by atoms with Crippen LogP contribution < -0.4 is 5.32 Å². The highest BCUT2D eigenvalue weighted by Crippen LogP contribution is 2.27. The number of amides is 2. The highest BCUT2D eigenvalue weighted by atomic mass is 35.5. The Hall–Kier alpha value is -2.83. The molecule has 1 N–H and O–H groups in total. The molecule has 0 unspecified atom stereocenters. The SMILES string of the molecule is Cc1nn(-c2ccc(Cl)cc2Cl)c(C)c1CC(=O)Nc1ccc(C(=O)N2CCCC2)cc1. The zero-order valence-electron chi connectivity index (χ0n) is 18.0. The molecule has 8 heteroatoms. The van der Waals surface area contributed by atoms with E-state index in [-0.39, 0.29) is 18.2 Å². The molecule has 0 atom stereocenters. The van der Waals surface area contributed by atoms with Gasteiger partial charge < -0.3 is 10.2 Å². The van der Waals surface area contributed by atoms with E-state index in [0.29, 0.717) is 27.0 Å². The average Bonchev–Trinajstić information content (AvgIpc) is 3.39. The van der Waals surface area contributed by atoms with Gasteiger partial charge in [0.15, 0.2) is 0 Å². The summed E-state index contributed by atoms with van der Waals surface area (Å²) < 4.78 is 1.73. The van der Waals surface area contributed by atoms with Crippen molar-refractivity contribution >= 4 is 40.7 Å². The number of anilines is 1. The van der Waals surface area contributed by atoms with Gasteiger partial charge in [-0.15, -0.1) is 0 Å². The Bertz CT molecular complexity index is 1170. The second-order valence-electron chi connectivity index (χ2n) is 7.96. The third kappa shape index (κ3) is 4.66. The first-order chi connectivity index (χ1) is 15.3. The molecule has 1 aromatic heterocycles. The molecular formula is C24H24Cl2N4O2. The molecule has 1 fully saturated rings. The predicted octanol–water partition coefficient (Wildman–Crippen LogP) is 5.21. The summed E-state index contributed by atoms with van der Waals surface area (Å²) in [4.78, 5) is 27.0. The zero-order chi connectivity index (χ0) is 22.8. The second-order valence-corrected chi connectivity index (χ2v) is 8.80. The van der Waals surface area contributed by atoms with Crippen LogP contribution in [-0.2, 0) is 11.2 Å². The molecule has 0 spiro atoms. The van der Waals surface area contributed by atoms with E-state index < -0.39 is 0 Å². The number of rotatable bonds is 5. The maximum Gasteiger partial charge on any atom is 0.253 e. The largest absolute Gasteiger partial charge is 0.339 e. The second kappa shape index (κ2) is 9.35. The van der Waals surface area contributed by atoms with Gasteiger partial charge in [0.25, 0.3) is 5.91 Å². The fourth-order valence-electron chi connectivity index (χ4n) is 3.98. The van der Waals surface area contributed by atoms with Crippen molar-refractivity contribution in [3.8, 4) is 5.69 Å². The Balaban J connectivity index is 1.45. The fourth-order valence-corrected chi connectivity index (χ4v) is 4.47. The van der Waals surface area contributed by atoms with Crippen molar-refractivity contribution in [3.63, 3.8) is 0 Å². The Morgan fingerprint density at radius 3 is 2.38 bits per heavy atom. The van der Waals surface area contributed by atoms with Crippen LogP contribution in [0.2, 0.25) is 10.0 Å². The molecule has 0 radical (unpaired) electrons. The van der Waals surface area contributed by atoms with Gasteiger partial charge in [-0.2, -0.15) is 5.10 Å². The number of aromatic nitrogens is 2. The average molecular weight is 471 g/mol. The molecule has 0 bridgehead atoms. The van der Waals surface area contributed by atoms with Crippen LogP contribution in [0.25, 0.3) is 5.69 Å².